The Labute approximate surface area is 118 Å². The second-order valence-corrected chi connectivity index (χ2v) is 6.26. The molecule has 0 bridgehead atoms. The number of carbonyl (C=O) groups is 1. The molecule has 2 N–H and O–H groups in total. The van der Waals surface area contributed by atoms with E-state index in [-0.39, 0.29) is 18.7 Å². The van der Waals surface area contributed by atoms with E-state index in [1.54, 1.807) is 24.3 Å². The highest BCUT2D eigenvalue weighted by molar-refractivity contribution is 7.88. The van der Waals surface area contributed by atoms with E-state index in [2.05, 4.69) is 4.72 Å². The van der Waals surface area contributed by atoms with Gasteiger partial charge >= 0.3 is 5.97 Å². The molecule has 0 aliphatic carbocycles. The molecule has 108 valence electrons. The summed E-state index contributed by atoms with van der Waals surface area (Å²) in [6.45, 7) is 1.58. The van der Waals surface area contributed by atoms with Crippen LogP contribution in [0, 0.1) is 17.2 Å². The second-order valence-electron chi connectivity index (χ2n) is 4.45. The van der Waals surface area contributed by atoms with Crippen molar-refractivity contribution >= 4 is 16.0 Å². The van der Waals surface area contributed by atoms with Crippen LogP contribution in [0.5, 0.6) is 0 Å². The van der Waals surface area contributed by atoms with Crippen molar-refractivity contribution < 1.29 is 18.3 Å². The lowest BCUT2D eigenvalue weighted by Crippen LogP contribution is -2.28. The Hall–Kier alpha value is -1.91. The minimum Gasteiger partial charge on any atom is -0.481 e. The number of carboxylic acids is 1. The summed E-state index contributed by atoms with van der Waals surface area (Å²) in [5, 5.41) is 17.6. The summed E-state index contributed by atoms with van der Waals surface area (Å²) < 4.78 is 26.0. The Morgan fingerprint density at radius 1 is 1.45 bits per heavy atom. The normalized spacial score (nSPS) is 12.6. The van der Waals surface area contributed by atoms with E-state index in [0.717, 1.165) is 0 Å². The molecular weight excluding hydrogens is 280 g/mol. The fraction of sp³-hybridized carbons (Fsp3) is 0.385. The minimum absolute atomic E-state index is 0.0600. The van der Waals surface area contributed by atoms with Gasteiger partial charge in [-0.1, -0.05) is 25.1 Å². The quantitative estimate of drug-likeness (QED) is 0.783. The predicted octanol–water partition coefficient (Wildman–Crippen LogP) is 1.09. The summed E-state index contributed by atoms with van der Waals surface area (Å²) in [7, 11) is -3.58. The van der Waals surface area contributed by atoms with Crippen LogP contribution in [0.3, 0.4) is 0 Å². The molecule has 6 nitrogen and oxygen atoms in total. The van der Waals surface area contributed by atoms with Gasteiger partial charge in [0.1, 0.15) is 0 Å². The van der Waals surface area contributed by atoms with Crippen LogP contribution in [0.4, 0.5) is 0 Å². The predicted molar refractivity (Wildman–Crippen MR) is 73.2 cm³/mol. The van der Waals surface area contributed by atoms with Crippen LogP contribution in [0.25, 0.3) is 0 Å². The van der Waals surface area contributed by atoms with Gasteiger partial charge in [-0.3, -0.25) is 4.79 Å². The molecule has 0 amide bonds. The Kier molecular flexibility index (Phi) is 5.67. The fourth-order valence-corrected chi connectivity index (χ4v) is 2.76. The molecule has 0 heterocycles. The van der Waals surface area contributed by atoms with Crippen LogP contribution in [-0.2, 0) is 20.6 Å². The molecule has 1 atom stereocenters. The first-order valence-electron chi connectivity index (χ1n) is 6.04. The zero-order valence-electron chi connectivity index (χ0n) is 11.0. The first-order chi connectivity index (χ1) is 9.35. The summed E-state index contributed by atoms with van der Waals surface area (Å²) in [5.74, 6) is -1.86. The second kappa shape index (κ2) is 7.03. The number of sulfonamides is 1. The lowest BCUT2D eigenvalue weighted by atomic mass is 10.1. The molecule has 1 aromatic rings. The summed E-state index contributed by atoms with van der Waals surface area (Å²) >= 11 is 0. The molecule has 0 spiro atoms. The van der Waals surface area contributed by atoms with Crippen molar-refractivity contribution in [3.05, 3.63) is 35.4 Å². The third-order valence-corrected chi connectivity index (χ3v) is 4.14. The Balaban J connectivity index is 2.62. The van der Waals surface area contributed by atoms with E-state index < -0.39 is 21.9 Å². The Bertz CT molecular complexity index is 620. The van der Waals surface area contributed by atoms with Crippen molar-refractivity contribution in [2.75, 3.05) is 6.54 Å². The van der Waals surface area contributed by atoms with Crippen LogP contribution >= 0.6 is 0 Å². The number of nitriles is 1. The van der Waals surface area contributed by atoms with Crippen molar-refractivity contribution in [1.82, 2.24) is 4.72 Å². The van der Waals surface area contributed by atoms with Gasteiger partial charge in [-0.15, -0.1) is 0 Å². The molecular formula is C13H16N2O4S. The maximum Gasteiger partial charge on any atom is 0.306 e. The summed E-state index contributed by atoms with van der Waals surface area (Å²) in [6.07, 6.45) is 0.217. The van der Waals surface area contributed by atoms with Crippen molar-refractivity contribution in [2.24, 2.45) is 5.92 Å². The fourth-order valence-electron chi connectivity index (χ4n) is 1.57. The minimum atomic E-state index is -3.58. The summed E-state index contributed by atoms with van der Waals surface area (Å²) in [5.41, 5.74) is 0.741. The zero-order valence-corrected chi connectivity index (χ0v) is 11.9. The van der Waals surface area contributed by atoms with E-state index in [1.807, 2.05) is 6.07 Å². The molecule has 0 saturated heterocycles. The van der Waals surface area contributed by atoms with Gasteiger partial charge < -0.3 is 5.11 Å². The number of hydrogen-bond acceptors (Lipinski definition) is 4. The zero-order chi connectivity index (χ0) is 15.2. The number of aliphatic carboxylic acids is 1. The van der Waals surface area contributed by atoms with Gasteiger partial charge in [-0.25, -0.2) is 13.1 Å². The molecule has 1 unspecified atom stereocenters. The van der Waals surface area contributed by atoms with Crippen LogP contribution in [-0.4, -0.2) is 26.0 Å². The van der Waals surface area contributed by atoms with E-state index >= 15 is 0 Å². The van der Waals surface area contributed by atoms with Crippen LogP contribution in [0.15, 0.2) is 24.3 Å². The third-order valence-electron chi connectivity index (χ3n) is 2.80. The number of benzene rings is 1. The lowest BCUT2D eigenvalue weighted by Gasteiger charge is -2.09. The molecule has 0 aliphatic rings. The molecule has 0 radical (unpaired) electrons. The summed E-state index contributed by atoms with van der Waals surface area (Å²) in [6, 6.07) is 8.40. The Morgan fingerprint density at radius 3 is 2.70 bits per heavy atom. The van der Waals surface area contributed by atoms with Gasteiger partial charge in [-0.05, 0) is 18.1 Å². The van der Waals surface area contributed by atoms with Crippen molar-refractivity contribution in [3.8, 4) is 6.07 Å². The number of carboxylic acid groups (broad SMARTS) is 1. The van der Waals surface area contributed by atoms with Crippen molar-refractivity contribution in [3.63, 3.8) is 0 Å². The number of hydrogen-bond donors (Lipinski definition) is 2. The molecule has 7 heteroatoms. The van der Waals surface area contributed by atoms with Gasteiger partial charge in [-0.2, -0.15) is 5.26 Å². The van der Waals surface area contributed by atoms with Crippen molar-refractivity contribution in [1.29, 1.82) is 5.26 Å². The molecule has 0 saturated carbocycles. The maximum absolute atomic E-state index is 11.9. The molecule has 1 aromatic carbocycles. The molecule has 0 aliphatic heterocycles. The van der Waals surface area contributed by atoms with Gasteiger partial charge in [0, 0.05) is 6.54 Å². The van der Waals surface area contributed by atoms with Gasteiger partial charge in [0.25, 0.3) is 0 Å². The number of nitrogens with one attached hydrogen (secondary N) is 1. The largest absolute Gasteiger partial charge is 0.481 e. The van der Waals surface area contributed by atoms with E-state index in [0.29, 0.717) is 11.1 Å². The van der Waals surface area contributed by atoms with E-state index in [9.17, 15) is 13.2 Å². The number of rotatable bonds is 7. The van der Waals surface area contributed by atoms with Gasteiger partial charge in [0.15, 0.2) is 0 Å². The van der Waals surface area contributed by atoms with E-state index in [1.165, 1.54) is 6.92 Å². The lowest BCUT2D eigenvalue weighted by molar-refractivity contribution is -0.141. The maximum atomic E-state index is 11.9. The molecule has 20 heavy (non-hydrogen) atoms. The van der Waals surface area contributed by atoms with Crippen LogP contribution in [0.2, 0.25) is 0 Å². The standard InChI is InChI=1S/C13H16N2O4S/c1-10(13(16)17)6-7-15-20(18,19)9-12-5-3-2-4-11(12)8-14/h2-5,10,15H,6-7,9H2,1H3,(H,16,17). The average molecular weight is 296 g/mol. The number of nitrogens with zero attached hydrogens (tertiary/aromatic N) is 1. The summed E-state index contributed by atoms with van der Waals surface area (Å²) in [4.78, 5) is 10.6. The first-order valence-corrected chi connectivity index (χ1v) is 7.69. The van der Waals surface area contributed by atoms with Crippen LogP contribution in [0.1, 0.15) is 24.5 Å². The first kappa shape index (κ1) is 16.1. The molecule has 1 rings (SSSR count). The van der Waals surface area contributed by atoms with Gasteiger partial charge in [0.2, 0.25) is 10.0 Å². The third kappa shape index (κ3) is 4.99. The average Bonchev–Trinajstić information content (AvgIpc) is 2.38. The van der Waals surface area contributed by atoms with Crippen LogP contribution < -0.4 is 4.72 Å². The highest BCUT2D eigenvalue weighted by atomic mass is 32.2. The smallest absolute Gasteiger partial charge is 0.306 e. The van der Waals surface area contributed by atoms with Crippen molar-refractivity contribution in [2.45, 2.75) is 19.1 Å². The monoisotopic (exact) mass is 296 g/mol. The van der Waals surface area contributed by atoms with Gasteiger partial charge in [0.05, 0.1) is 23.3 Å². The molecule has 0 aromatic heterocycles. The Morgan fingerprint density at radius 2 is 2.10 bits per heavy atom. The SMILES string of the molecule is CC(CCNS(=O)(=O)Cc1ccccc1C#N)C(=O)O. The van der Waals surface area contributed by atoms with E-state index in [4.69, 9.17) is 10.4 Å². The highest BCUT2D eigenvalue weighted by Crippen LogP contribution is 2.11. The molecule has 0 fully saturated rings. The topological polar surface area (TPSA) is 107 Å². The highest BCUT2D eigenvalue weighted by Gasteiger charge is 2.16.